The summed E-state index contributed by atoms with van der Waals surface area (Å²) in [7, 11) is 0. The van der Waals surface area contributed by atoms with Crippen molar-refractivity contribution in [2.24, 2.45) is 0 Å². The Bertz CT molecular complexity index is 380. The number of aliphatic hydroxyl groups is 1. The Morgan fingerprint density at radius 2 is 2.11 bits per heavy atom. The molecule has 4 heteroatoms. The zero-order valence-electron chi connectivity index (χ0n) is 10.4. The van der Waals surface area contributed by atoms with Gasteiger partial charge < -0.3 is 14.7 Å². The third-order valence-electron chi connectivity index (χ3n) is 3.19. The first kappa shape index (κ1) is 13.1. The van der Waals surface area contributed by atoms with Gasteiger partial charge in [-0.2, -0.15) is 0 Å². The molecule has 0 aromatic heterocycles. The lowest BCUT2D eigenvalue weighted by atomic mass is 10.1. The Morgan fingerprint density at radius 3 is 2.83 bits per heavy atom. The molecule has 1 saturated heterocycles. The van der Waals surface area contributed by atoms with Crippen molar-refractivity contribution in [2.75, 3.05) is 19.8 Å². The molecule has 1 fully saturated rings. The van der Waals surface area contributed by atoms with E-state index in [-0.39, 0.29) is 25.2 Å². The average molecular weight is 249 g/mol. The third-order valence-corrected chi connectivity index (χ3v) is 3.19. The van der Waals surface area contributed by atoms with Crippen LogP contribution in [-0.2, 0) is 16.1 Å². The number of rotatable bonds is 5. The predicted octanol–water partition coefficient (Wildman–Crippen LogP) is 1.19. The first-order valence-electron chi connectivity index (χ1n) is 6.33. The molecule has 1 aromatic rings. The van der Waals surface area contributed by atoms with Crippen molar-refractivity contribution >= 4 is 5.91 Å². The van der Waals surface area contributed by atoms with Crippen LogP contribution in [0.25, 0.3) is 0 Å². The molecule has 98 valence electrons. The maximum absolute atomic E-state index is 11.9. The van der Waals surface area contributed by atoms with Gasteiger partial charge in [0.25, 0.3) is 0 Å². The minimum Gasteiger partial charge on any atom is -0.396 e. The fraction of sp³-hybridized carbons (Fsp3) is 0.500. The van der Waals surface area contributed by atoms with E-state index in [1.807, 2.05) is 35.2 Å². The Labute approximate surface area is 107 Å². The van der Waals surface area contributed by atoms with Crippen molar-refractivity contribution in [3.63, 3.8) is 0 Å². The second-order valence-corrected chi connectivity index (χ2v) is 4.54. The first-order chi connectivity index (χ1) is 8.81. The highest BCUT2D eigenvalue weighted by Gasteiger charge is 2.28. The number of aliphatic hydroxyl groups excluding tert-OH is 1. The number of hydrogen-bond acceptors (Lipinski definition) is 3. The minimum atomic E-state index is 0.0352. The second kappa shape index (κ2) is 6.52. The molecular weight excluding hydrogens is 230 g/mol. The highest BCUT2D eigenvalue weighted by molar-refractivity contribution is 5.78. The predicted molar refractivity (Wildman–Crippen MR) is 67.9 cm³/mol. The van der Waals surface area contributed by atoms with E-state index in [9.17, 15) is 4.79 Å². The Balaban J connectivity index is 2.03. The molecule has 1 heterocycles. The van der Waals surface area contributed by atoms with Crippen LogP contribution in [-0.4, -0.2) is 41.8 Å². The van der Waals surface area contributed by atoms with Gasteiger partial charge >= 0.3 is 0 Å². The Hall–Kier alpha value is -1.39. The maximum Gasteiger partial charge on any atom is 0.249 e. The molecular formula is C14H19NO3. The smallest absolute Gasteiger partial charge is 0.249 e. The van der Waals surface area contributed by atoms with E-state index in [0.717, 1.165) is 12.0 Å². The summed E-state index contributed by atoms with van der Waals surface area (Å²) < 4.78 is 5.29. The summed E-state index contributed by atoms with van der Waals surface area (Å²) >= 11 is 0. The number of ether oxygens (including phenoxy) is 1. The second-order valence-electron chi connectivity index (χ2n) is 4.54. The summed E-state index contributed by atoms with van der Waals surface area (Å²) in [6, 6.07) is 10.0. The van der Waals surface area contributed by atoms with Gasteiger partial charge in [0.05, 0.1) is 12.6 Å². The van der Waals surface area contributed by atoms with Crippen LogP contribution in [0.2, 0.25) is 0 Å². The van der Waals surface area contributed by atoms with Gasteiger partial charge in [0.2, 0.25) is 5.91 Å². The van der Waals surface area contributed by atoms with Gasteiger partial charge in [-0.1, -0.05) is 30.3 Å². The molecule has 1 amide bonds. The van der Waals surface area contributed by atoms with E-state index in [2.05, 4.69) is 0 Å². The number of benzene rings is 1. The van der Waals surface area contributed by atoms with Gasteiger partial charge in [0.15, 0.2) is 0 Å². The Morgan fingerprint density at radius 1 is 1.33 bits per heavy atom. The van der Waals surface area contributed by atoms with Gasteiger partial charge in [0, 0.05) is 13.2 Å². The van der Waals surface area contributed by atoms with Gasteiger partial charge in [-0.25, -0.2) is 0 Å². The molecule has 4 nitrogen and oxygen atoms in total. The summed E-state index contributed by atoms with van der Waals surface area (Å²) in [5.74, 6) is 0.0352. The molecule has 1 atom stereocenters. The highest BCUT2D eigenvalue weighted by Crippen LogP contribution is 2.16. The van der Waals surface area contributed by atoms with Gasteiger partial charge in [-0.15, -0.1) is 0 Å². The highest BCUT2D eigenvalue weighted by atomic mass is 16.5. The number of nitrogens with zero attached hydrogens (tertiary/aromatic N) is 1. The SMILES string of the molecule is O=C1COCC(CCCO)N1Cc1ccccc1. The molecule has 0 radical (unpaired) electrons. The topological polar surface area (TPSA) is 49.8 Å². The van der Waals surface area contributed by atoms with Crippen LogP contribution in [0.3, 0.4) is 0 Å². The van der Waals surface area contributed by atoms with Crippen molar-refractivity contribution in [3.05, 3.63) is 35.9 Å². The molecule has 1 aliphatic rings. The van der Waals surface area contributed by atoms with E-state index in [0.29, 0.717) is 19.6 Å². The van der Waals surface area contributed by atoms with Crippen molar-refractivity contribution in [3.8, 4) is 0 Å². The number of carbonyl (C=O) groups excluding carboxylic acids is 1. The molecule has 0 saturated carbocycles. The first-order valence-corrected chi connectivity index (χ1v) is 6.33. The number of carbonyl (C=O) groups is 1. The fourth-order valence-corrected chi connectivity index (χ4v) is 2.22. The van der Waals surface area contributed by atoms with Crippen LogP contribution >= 0.6 is 0 Å². The van der Waals surface area contributed by atoms with Crippen LogP contribution in [0, 0.1) is 0 Å². The molecule has 0 aliphatic carbocycles. The molecule has 2 rings (SSSR count). The molecule has 0 bridgehead atoms. The van der Waals surface area contributed by atoms with Gasteiger partial charge in [-0.3, -0.25) is 4.79 Å². The molecule has 0 spiro atoms. The average Bonchev–Trinajstić information content (AvgIpc) is 2.41. The summed E-state index contributed by atoms with van der Waals surface area (Å²) in [5.41, 5.74) is 1.13. The maximum atomic E-state index is 11.9. The van der Waals surface area contributed by atoms with Gasteiger partial charge in [0.1, 0.15) is 6.61 Å². The largest absolute Gasteiger partial charge is 0.396 e. The van der Waals surface area contributed by atoms with Crippen molar-refractivity contribution < 1.29 is 14.6 Å². The van der Waals surface area contributed by atoms with E-state index in [1.54, 1.807) is 0 Å². The Kier molecular flexibility index (Phi) is 4.73. The lowest BCUT2D eigenvalue weighted by molar-refractivity contribution is -0.149. The molecule has 1 unspecified atom stereocenters. The third kappa shape index (κ3) is 3.31. The quantitative estimate of drug-likeness (QED) is 0.852. The van der Waals surface area contributed by atoms with Crippen LogP contribution in [0.4, 0.5) is 0 Å². The van der Waals surface area contributed by atoms with Gasteiger partial charge in [-0.05, 0) is 18.4 Å². The van der Waals surface area contributed by atoms with E-state index in [4.69, 9.17) is 9.84 Å². The normalized spacial score (nSPS) is 20.2. The van der Waals surface area contributed by atoms with Crippen molar-refractivity contribution in [2.45, 2.75) is 25.4 Å². The van der Waals surface area contributed by atoms with Crippen molar-refractivity contribution in [1.82, 2.24) is 4.90 Å². The lowest BCUT2D eigenvalue weighted by Crippen LogP contribution is -2.48. The lowest BCUT2D eigenvalue weighted by Gasteiger charge is -2.35. The molecule has 1 aliphatic heterocycles. The summed E-state index contributed by atoms with van der Waals surface area (Å²) in [6.45, 7) is 1.52. The number of amides is 1. The molecule has 18 heavy (non-hydrogen) atoms. The van der Waals surface area contributed by atoms with E-state index < -0.39 is 0 Å². The van der Waals surface area contributed by atoms with Crippen LogP contribution < -0.4 is 0 Å². The molecule has 1 N–H and O–H groups in total. The van der Waals surface area contributed by atoms with Crippen LogP contribution in [0.1, 0.15) is 18.4 Å². The van der Waals surface area contributed by atoms with Crippen molar-refractivity contribution in [1.29, 1.82) is 0 Å². The van der Waals surface area contributed by atoms with E-state index >= 15 is 0 Å². The number of morpholine rings is 1. The monoisotopic (exact) mass is 249 g/mol. The fourth-order valence-electron chi connectivity index (χ4n) is 2.22. The zero-order valence-corrected chi connectivity index (χ0v) is 10.4. The molecule has 1 aromatic carbocycles. The number of hydrogen-bond donors (Lipinski definition) is 1. The minimum absolute atomic E-state index is 0.0352. The zero-order chi connectivity index (χ0) is 12.8. The summed E-state index contributed by atoms with van der Waals surface area (Å²) in [6.07, 6.45) is 1.49. The summed E-state index contributed by atoms with van der Waals surface area (Å²) in [4.78, 5) is 13.8. The van der Waals surface area contributed by atoms with Crippen LogP contribution in [0.15, 0.2) is 30.3 Å². The van der Waals surface area contributed by atoms with E-state index in [1.165, 1.54) is 0 Å². The standard InChI is InChI=1S/C14H19NO3/c16-8-4-7-13-10-18-11-14(17)15(13)9-12-5-2-1-3-6-12/h1-3,5-6,13,16H,4,7-11H2. The van der Waals surface area contributed by atoms with Crippen LogP contribution in [0.5, 0.6) is 0 Å². The summed E-state index contributed by atoms with van der Waals surface area (Å²) in [5, 5.41) is 8.89.